The Kier molecular flexibility index (Phi) is 7.27. The van der Waals surface area contributed by atoms with Crippen LogP contribution in [0.3, 0.4) is 0 Å². The average molecular weight is 504 g/mol. The highest BCUT2D eigenvalue weighted by atomic mass is 19.3. The van der Waals surface area contributed by atoms with Crippen molar-refractivity contribution in [1.82, 2.24) is 4.98 Å². The number of nitrogens with zero attached hydrogens (tertiary/aromatic N) is 1. The van der Waals surface area contributed by atoms with Gasteiger partial charge < -0.3 is 9.15 Å². The fourth-order valence-electron chi connectivity index (χ4n) is 6.28. The Morgan fingerprint density at radius 2 is 1.53 bits per heavy atom. The second-order valence-corrected chi connectivity index (χ2v) is 10.6. The van der Waals surface area contributed by atoms with E-state index in [2.05, 4.69) is 11.9 Å². The van der Waals surface area contributed by atoms with Crippen LogP contribution in [0.2, 0.25) is 0 Å². The van der Waals surface area contributed by atoms with Crippen molar-refractivity contribution in [2.24, 2.45) is 23.7 Å². The third-order valence-corrected chi connectivity index (χ3v) is 8.28. The van der Waals surface area contributed by atoms with E-state index in [0.29, 0.717) is 48.6 Å². The highest BCUT2D eigenvalue weighted by Gasteiger charge is 2.46. The summed E-state index contributed by atoms with van der Waals surface area (Å²) >= 11 is 0. The molecule has 0 N–H and O–H groups in total. The van der Waals surface area contributed by atoms with Gasteiger partial charge in [-0.3, -0.25) is 0 Å². The minimum atomic E-state index is -3.65. The average Bonchev–Trinajstić information content (AvgIpc) is 3.31. The van der Waals surface area contributed by atoms with Crippen molar-refractivity contribution in [2.75, 3.05) is 0 Å². The van der Waals surface area contributed by atoms with E-state index in [0.717, 1.165) is 18.1 Å². The molecule has 0 bridgehead atoms. The minimum absolute atomic E-state index is 0.00867. The van der Waals surface area contributed by atoms with Gasteiger partial charge in [0.2, 0.25) is 5.89 Å². The smallest absolute Gasteiger partial charge is 0.400 e. The van der Waals surface area contributed by atoms with Gasteiger partial charge in [0.15, 0.2) is 23.0 Å². The Morgan fingerprint density at radius 1 is 0.917 bits per heavy atom. The lowest BCUT2D eigenvalue weighted by Crippen LogP contribution is -2.38. The number of oxazole rings is 1. The van der Waals surface area contributed by atoms with Crippen molar-refractivity contribution in [1.29, 1.82) is 0 Å². The molecule has 194 valence electrons. The van der Waals surface area contributed by atoms with Gasteiger partial charge in [-0.15, -0.1) is 0 Å². The summed E-state index contributed by atoms with van der Waals surface area (Å²) in [6.45, 7) is 2.22. The van der Waals surface area contributed by atoms with Crippen molar-refractivity contribution in [2.45, 2.75) is 77.2 Å². The lowest BCUT2D eigenvalue weighted by Gasteiger charge is -2.39. The van der Waals surface area contributed by atoms with Crippen molar-refractivity contribution in [3.8, 4) is 17.2 Å². The molecule has 1 heterocycles. The SMILES string of the molecule is CCCC1CCC(C2CCC(C(F)(F)Oc3c(F)cc(-c4nc5ccccc5o4)cc3F)CC2)CC1. The highest BCUT2D eigenvalue weighted by Crippen LogP contribution is 2.46. The Bertz CT molecular complexity index is 1120. The first-order valence-electron chi connectivity index (χ1n) is 13.3. The number of hydrogen-bond acceptors (Lipinski definition) is 3. The number of benzene rings is 2. The fourth-order valence-corrected chi connectivity index (χ4v) is 6.28. The van der Waals surface area contributed by atoms with Gasteiger partial charge in [-0.25, -0.2) is 13.8 Å². The molecule has 0 saturated heterocycles. The van der Waals surface area contributed by atoms with Crippen molar-refractivity contribution in [3.63, 3.8) is 0 Å². The topological polar surface area (TPSA) is 35.3 Å². The highest BCUT2D eigenvalue weighted by molar-refractivity contribution is 5.76. The number of fused-ring (bicyclic) bond motifs is 1. The van der Waals surface area contributed by atoms with Crippen LogP contribution in [-0.2, 0) is 0 Å². The summed E-state index contributed by atoms with van der Waals surface area (Å²) in [6, 6.07) is 8.75. The van der Waals surface area contributed by atoms with Crippen LogP contribution in [0.4, 0.5) is 17.6 Å². The second kappa shape index (κ2) is 10.4. The van der Waals surface area contributed by atoms with E-state index in [4.69, 9.17) is 9.15 Å². The molecule has 3 nitrogen and oxygen atoms in total. The number of alkyl halides is 2. The predicted octanol–water partition coefficient (Wildman–Crippen LogP) is 9.16. The fraction of sp³-hybridized carbons (Fsp3) is 0.552. The number of halogens is 4. The van der Waals surface area contributed by atoms with Gasteiger partial charge in [-0.1, -0.05) is 44.7 Å². The maximum Gasteiger partial charge on any atom is 0.400 e. The van der Waals surface area contributed by atoms with Crippen LogP contribution < -0.4 is 4.74 Å². The minimum Gasteiger partial charge on any atom is -0.436 e. The molecule has 0 atom stereocenters. The van der Waals surface area contributed by atoms with E-state index >= 15 is 8.78 Å². The number of rotatable bonds is 7. The van der Waals surface area contributed by atoms with Crippen LogP contribution in [-0.4, -0.2) is 11.1 Å². The summed E-state index contributed by atoms with van der Waals surface area (Å²) in [5, 5.41) is 0. The molecule has 2 fully saturated rings. The molecule has 5 rings (SSSR count). The number of aromatic nitrogens is 1. The molecule has 2 aromatic carbocycles. The molecule has 2 aliphatic rings. The summed E-state index contributed by atoms with van der Waals surface area (Å²) in [4.78, 5) is 4.21. The molecule has 7 heteroatoms. The molecule has 1 aromatic heterocycles. The van der Waals surface area contributed by atoms with Crippen molar-refractivity contribution < 1.29 is 26.7 Å². The van der Waals surface area contributed by atoms with Gasteiger partial charge in [0.25, 0.3) is 0 Å². The van der Waals surface area contributed by atoms with E-state index in [9.17, 15) is 8.78 Å². The van der Waals surface area contributed by atoms with Crippen LogP contribution in [0.1, 0.15) is 71.1 Å². The molecule has 2 aliphatic carbocycles. The Labute approximate surface area is 209 Å². The number of hydrogen-bond donors (Lipinski definition) is 0. The molecule has 3 aromatic rings. The number of para-hydroxylation sites is 2. The lowest BCUT2D eigenvalue weighted by molar-refractivity contribution is -0.226. The first-order valence-corrected chi connectivity index (χ1v) is 13.3. The van der Waals surface area contributed by atoms with Crippen LogP contribution in [0, 0.1) is 35.3 Å². The quantitative estimate of drug-likeness (QED) is 0.302. The first-order chi connectivity index (χ1) is 17.3. The van der Waals surface area contributed by atoms with Crippen molar-refractivity contribution in [3.05, 3.63) is 48.0 Å². The largest absolute Gasteiger partial charge is 0.436 e. The lowest BCUT2D eigenvalue weighted by atomic mass is 9.68. The Morgan fingerprint density at radius 3 is 2.14 bits per heavy atom. The van der Waals surface area contributed by atoms with Crippen LogP contribution in [0.15, 0.2) is 40.8 Å². The van der Waals surface area contributed by atoms with Gasteiger partial charge >= 0.3 is 6.11 Å². The molecule has 0 unspecified atom stereocenters. The van der Waals surface area contributed by atoms with E-state index < -0.39 is 29.4 Å². The second-order valence-electron chi connectivity index (χ2n) is 10.6. The van der Waals surface area contributed by atoms with Crippen LogP contribution in [0.25, 0.3) is 22.6 Å². The van der Waals surface area contributed by atoms with E-state index in [1.807, 2.05) is 0 Å². The van der Waals surface area contributed by atoms with E-state index in [1.54, 1.807) is 24.3 Å². The van der Waals surface area contributed by atoms with Gasteiger partial charge in [-0.05, 0) is 80.5 Å². The van der Waals surface area contributed by atoms with Gasteiger partial charge in [-0.2, -0.15) is 8.78 Å². The molecule has 0 spiro atoms. The summed E-state index contributed by atoms with van der Waals surface area (Å²) in [5.41, 5.74) is 1.01. The van der Waals surface area contributed by atoms with E-state index in [1.165, 1.54) is 38.5 Å². The standard InChI is InChI=1S/C29H33F4NO2/c1-2-5-18-8-10-19(11-9-18)20-12-14-22(15-13-20)29(32,33)36-27-23(30)16-21(17-24(27)31)28-34-25-6-3-4-7-26(25)35-28/h3-4,6-7,16-20,22H,2,5,8-15H2,1H3. The summed E-state index contributed by atoms with van der Waals surface area (Å²) in [7, 11) is 0. The maximum absolute atomic E-state index is 15.0. The van der Waals surface area contributed by atoms with Gasteiger partial charge in [0.1, 0.15) is 5.52 Å². The first kappa shape index (κ1) is 25.1. The molecular formula is C29H33F4NO2. The summed E-state index contributed by atoms with van der Waals surface area (Å²) < 4.78 is 69.9. The van der Waals surface area contributed by atoms with Gasteiger partial charge in [0.05, 0.1) is 5.92 Å². The summed E-state index contributed by atoms with van der Waals surface area (Å²) in [6.07, 6.45) is 5.76. The molecule has 2 saturated carbocycles. The number of ether oxygens (including phenoxy) is 1. The zero-order valence-corrected chi connectivity index (χ0v) is 20.6. The Hall–Kier alpha value is -2.57. The van der Waals surface area contributed by atoms with Crippen LogP contribution >= 0.6 is 0 Å². The monoisotopic (exact) mass is 503 g/mol. The van der Waals surface area contributed by atoms with Crippen molar-refractivity contribution >= 4 is 11.1 Å². The Balaban J connectivity index is 1.22. The predicted molar refractivity (Wildman–Crippen MR) is 131 cm³/mol. The molecule has 0 amide bonds. The molecule has 0 aliphatic heterocycles. The third kappa shape index (κ3) is 5.25. The zero-order valence-electron chi connectivity index (χ0n) is 20.6. The molecular weight excluding hydrogens is 470 g/mol. The molecule has 0 radical (unpaired) electrons. The zero-order chi connectivity index (χ0) is 25.3. The normalized spacial score (nSPS) is 25.2. The van der Waals surface area contributed by atoms with E-state index in [-0.39, 0.29) is 11.5 Å². The molecule has 36 heavy (non-hydrogen) atoms. The van der Waals surface area contributed by atoms with Gasteiger partial charge in [0, 0.05) is 5.56 Å². The maximum atomic E-state index is 15.0. The van der Waals surface area contributed by atoms with Crippen LogP contribution in [0.5, 0.6) is 5.75 Å². The third-order valence-electron chi connectivity index (χ3n) is 8.28. The summed E-state index contributed by atoms with van der Waals surface area (Å²) in [5.74, 6) is -2.62.